The quantitative estimate of drug-likeness (QED) is 0.741. The number of carbonyl (C=O) groups is 1. The van der Waals surface area contributed by atoms with Gasteiger partial charge in [0, 0.05) is 44.5 Å². The molecule has 0 fully saturated rings. The fourth-order valence-electron chi connectivity index (χ4n) is 2.06. The van der Waals surface area contributed by atoms with Crippen molar-refractivity contribution in [3.8, 4) is 0 Å². The number of hydrogen-bond acceptors (Lipinski definition) is 5. The molecule has 0 aliphatic heterocycles. The largest absolute Gasteiger partial charge is 0.444 e. The molecular weight excluding hydrogens is 296 g/mol. The number of aliphatic hydroxyl groups excluding tert-OH is 1. The lowest BCUT2D eigenvalue weighted by molar-refractivity contribution is 0.0164. The van der Waals surface area contributed by atoms with E-state index >= 15 is 0 Å². The number of aromatic nitrogens is 2. The van der Waals surface area contributed by atoms with Crippen molar-refractivity contribution in [2.24, 2.45) is 7.05 Å². The van der Waals surface area contributed by atoms with Gasteiger partial charge in [-0.1, -0.05) is 0 Å². The van der Waals surface area contributed by atoms with Gasteiger partial charge in [0.15, 0.2) is 0 Å². The van der Waals surface area contributed by atoms with Crippen molar-refractivity contribution in [3.05, 3.63) is 17.5 Å². The van der Waals surface area contributed by atoms with Crippen molar-refractivity contribution >= 4 is 6.09 Å². The average molecular weight is 326 g/mol. The van der Waals surface area contributed by atoms with Crippen molar-refractivity contribution in [2.45, 2.75) is 52.9 Å². The normalized spacial score (nSPS) is 13.0. The zero-order chi connectivity index (χ0) is 17.6. The number of rotatable bonds is 7. The highest BCUT2D eigenvalue weighted by molar-refractivity contribution is 5.68. The van der Waals surface area contributed by atoms with Crippen molar-refractivity contribution in [3.63, 3.8) is 0 Å². The molecule has 1 heterocycles. The summed E-state index contributed by atoms with van der Waals surface area (Å²) in [5.74, 6) is 0. The number of nitrogens with zero attached hydrogens (tertiary/aromatic N) is 3. The molecule has 0 radical (unpaired) electrons. The Bertz CT molecular complexity index is 506. The first-order valence-corrected chi connectivity index (χ1v) is 7.94. The Balaban J connectivity index is 2.47. The van der Waals surface area contributed by atoms with E-state index in [1.54, 1.807) is 6.92 Å². The molecule has 23 heavy (non-hydrogen) atoms. The molecule has 0 aliphatic carbocycles. The summed E-state index contributed by atoms with van der Waals surface area (Å²) >= 11 is 0. The van der Waals surface area contributed by atoms with E-state index in [-0.39, 0.29) is 6.54 Å². The fraction of sp³-hybridized carbons (Fsp3) is 0.750. The van der Waals surface area contributed by atoms with Gasteiger partial charge >= 0.3 is 6.09 Å². The lowest BCUT2D eigenvalue weighted by atomic mass is 10.2. The minimum atomic E-state index is -0.594. The maximum Gasteiger partial charge on any atom is 0.410 e. The molecule has 1 rings (SSSR count). The molecule has 1 unspecified atom stereocenters. The highest BCUT2D eigenvalue weighted by atomic mass is 16.6. The van der Waals surface area contributed by atoms with Gasteiger partial charge in [0.1, 0.15) is 5.60 Å². The summed E-state index contributed by atoms with van der Waals surface area (Å²) in [6.45, 7) is 11.2. The molecule has 132 valence electrons. The molecule has 7 nitrogen and oxygen atoms in total. The second-order valence-corrected chi connectivity index (χ2v) is 6.83. The van der Waals surface area contributed by atoms with E-state index in [1.807, 2.05) is 45.6 Å². The number of aryl methyl sites for hydroxylation is 1. The number of ether oxygens (including phenoxy) is 1. The van der Waals surface area contributed by atoms with E-state index in [4.69, 9.17) is 4.74 Å². The molecule has 1 atom stereocenters. The van der Waals surface area contributed by atoms with Crippen molar-refractivity contribution in [1.82, 2.24) is 20.0 Å². The highest BCUT2D eigenvalue weighted by Gasteiger charge is 2.22. The standard InChI is InChI=1S/C16H30N4O3/c1-12(21)11-20(15(22)23-16(3,4)5)8-7-17-9-14-10-18-19(6)13(14)2/h10,12,17,21H,7-9,11H2,1-6H3. The SMILES string of the molecule is Cc1c(CNCCN(CC(C)O)C(=O)OC(C)(C)C)cnn1C. The summed E-state index contributed by atoms with van der Waals surface area (Å²) in [5, 5.41) is 17.1. The molecule has 1 aromatic rings. The molecule has 0 aliphatic rings. The molecule has 0 aromatic carbocycles. The van der Waals surface area contributed by atoms with Crippen molar-refractivity contribution in [2.75, 3.05) is 19.6 Å². The van der Waals surface area contributed by atoms with Crippen LogP contribution in [0.4, 0.5) is 4.79 Å². The lowest BCUT2D eigenvalue weighted by Crippen LogP contribution is -2.43. The lowest BCUT2D eigenvalue weighted by Gasteiger charge is -2.28. The Morgan fingerprint density at radius 1 is 1.52 bits per heavy atom. The van der Waals surface area contributed by atoms with Crippen LogP contribution in [0.2, 0.25) is 0 Å². The van der Waals surface area contributed by atoms with E-state index in [1.165, 1.54) is 4.90 Å². The predicted octanol–water partition coefficient (Wildman–Crippen LogP) is 1.44. The summed E-state index contributed by atoms with van der Waals surface area (Å²) in [5.41, 5.74) is 1.70. The summed E-state index contributed by atoms with van der Waals surface area (Å²) in [6.07, 6.45) is 0.838. The molecule has 2 N–H and O–H groups in total. The van der Waals surface area contributed by atoms with Crippen LogP contribution >= 0.6 is 0 Å². The van der Waals surface area contributed by atoms with Crippen LogP contribution in [0.3, 0.4) is 0 Å². The Morgan fingerprint density at radius 2 is 2.17 bits per heavy atom. The fourth-order valence-corrected chi connectivity index (χ4v) is 2.06. The third-order valence-electron chi connectivity index (χ3n) is 3.35. The molecular formula is C16H30N4O3. The average Bonchev–Trinajstić information content (AvgIpc) is 2.71. The second-order valence-electron chi connectivity index (χ2n) is 6.83. The van der Waals surface area contributed by atoms with E-state index in [0.717, 1.165) is 11.3 Å². The third-order valence-corrected chi connectivity index (χ3v) is 3.35. The molecule has 0 saturated heterocycles. The van der Waals surface area contributed by atoms with Gasteiger partial charge in [-0.3, -0.25) is 4.68 Å². The van der Waals surface area contributed by atoms with Crippen LogP contribution in [0.25, 0.3) is 0 Å². The zero-order valence-electron chi connectivity index (χ0n) is 15.1. The maximum atomic E-state index is 12.2. The summed E-state index contributed by atoms with van der Waals surface area (Å²) < 4.78 is 7.20. The van der Waals surface area contributed by atoms with E-state index in [0.29, 0.717) is 19.6 Å². The van der Waals surface area contributed by atoms with Crippen LogP contribution in [0.5, 0.6) is 0 Å². The molecule has 0 spiro atoms. The van der Waals surface area contributed by atoms with E-state index in [9.17, 15) is 9.90 Å². The Morgan fingerprint density at radius 3 is 2.65 bits per heavy atom. The zero-order valence-corrected chi connectivity index (χ0v) is 15.1. The minimum absolute atomic E-state index is 0.252. The Kier molecular flexibility index (Phi) is 7.02. The second kappa shape index (κ2) is 8.31. The number of nitrogens with one attached hydrogen (secondary N) is 1. The molecule has 1 aromatic heterocycles. The molecule has 1 amide bonds. The van der Waals surface area contributed by atoms with Crippen LogP contribution in [0.15, 0.2) is 6.20 Å². The van der Waals surface area contributed by atoms with E-state index < -0.39 is 17.8 Å². The summed E-state index contributed by atoms with van der Waals surface area (Å²) in [6, 6.07) is 0. The van der Waals surface area contributed by atoms with Gasteiger partial charge in [0.2, 0.25) is 0 Å². The van der Waals surface area contributed by atoms with Gasteiger partial charge in [0.05, 0.1) is 12.3 Å². The van der Waals surface area contributed by atoms with Gasteiger partial charge in [-0.25, -0.2) is 4.79 Å². The smallest absolute Gasteiger partial charge is 0.410 e. The topological polar surface area (TPSA) is 79.6 Å². The van der Waals surface area contributed by atoms with Gasteiger partial charge < -0.3 is 20.1 Å². The van der Waals surface area contributed by atoms with Crippen LogP contribution in [-0.2, 0) is 18.3 Å². The highest BCUT2D eigenvalue weighted by Crippen LogP contribution is 2.10. The number of hydrogen-bond donors (Lipinski definition) is 2. The Labute approximate surface area is 138 Å². The number of carbonyl (C=O) groups excluding carboxylic acids is 1. The maximum absolute atomic E-state index is 12.2. The van der Waals surface area contributed by atoms with Gasteiger partial charge in [-0.15, -0.1) is 0 Å². The van der Waals surface area contributed by atoms with Crippen molar-refractivity contribution < 1.29 is 14.6 Å². The van der Waals surface area contributed by atoms with Crippen LogP contribution in [0.1, 0.15) is 39.0 Å². The van der Waals surface area contributed by atoms with Crippen molar-refractivity contribution in [1.29, 1.82) is 0 Å². The predicted molar refractivity (Wildman–Crippen MR) is 89.1 cm³/mol. The molecule has 0 bridgehead atoms. The summed E-state index contributed by atoms with van der Waals surface area (Å²) in [7, 11) is 1.91. The first-order chi connectivity index (χ1) is 10.6. The van der Waals surface area contributed by atoms with E-state index in [2.05, 4.69) is 10.4 Å². The molecule has 0 saturated carbocycles. The van der Waals surface area contributed by atoms with Gasteiger partial charge in [-0.2, -0.15) is 5.10 Å². The minimum Gasteiger partial charge on any atom is -0.444 e. The molecule has 7 heteroatoms. The van der Waals surface area contributed by atoms with Gasteiger partial charge in [0.25, 0.3) is 0 Å². The summed E-state index contributed by atoms with van der Waals surface area (Å²) in [4.78, 5) is 13.7. The first kappa shape index (κ1) is 19.4. The van der Waals surface area contributed by atoms with Crippen LogP contribution in [0, 0.1) is 6.92 Å². The number of amides is 1. The van der Waals surface area contributed by atoms with Crippen LogP contribution in [-0.4, -0.2) is 57.2 Å². The monoisotopic (exact) mass is 326 g/mol. The van der Waals surface area contributed by atoms with Crippen LogP contribution < -0.4 is 5.32 Å². The third kappa shape index (κ3) is 7.00. The Hall–Kier alpha value is -1.60. The number of aliphatic hydroxyl groups is 1. The first-order valence-electron chi connectivity index (χ1n) is 7.94. The van der Waals surface area contributed by atoms with Gasteiger partial charge in [-0.05, 0) is 34.6 Å².